The number of hydrogen-bond donors (Lipinski definition) is 3. The minimum atomic E-state index is -5.08. The van der Waals surface area contributed by atoms with Crippen molar-refractivity contribution in [2.75, 3.05) is 26.7 Å². The summed E-state index contributed by atoms with van der Waals surface area (Å²) in [6.45, 7) is 4.91. The van der Waals surface area contributed by atoms with Crippen molar-refractivity contribution < 1.29 is 73.6 Å². The number of aromatic nitrogens is 4. The lowest BCUT2D eigenvalue weighted by atomic mass is 9.84. The maximum Gasteiger partial charge on any atom is 0.490 e. The molecule has 0 aliphatic carbocycles. The molecule has 2 aliphatic rings. The summed E-state index contributed by atoms with van der Waals surface area (Å²) in [5, 5.41) is 30.3. The molecular formula is C26H27F9N6O7. The summed E-state index contributed by atoms with van der Waals surface area (Å²) >= 11 is 0. The van der Waals surface area contributed by atoms with Gasteiger partial charge in [-0.05, 0) is 43.7 Å². The molecule has 0 saturated carbocycles. The number of likely N-dealkylation sites (tertiary alicyclic amines) is 1. The summed E-state index contributed by atoms with van der Waals surface area (Å²) < 4.78 is 103. The Hall–Kier alpha value is -4.73. The van der Waals surface area contributed by atoms with Crippen LogP contribution in [0.3, 0.4) is 0 Å². The Bertz CT molecular complexity index is 1430. The number of carboxylic acid groups (broad SMARTS) is 3. The van der Waals surface area contributed by atoms with Crippen LogP contribution in [0.2, 0.25) is 0 Å². The first-order valence-corrected chi connectivity index (χ1v) is 13.3. The number of likely N-dealkylation sites (N-methyl/N-ethyl adjacent to an activating group) is 1. The van der Waals surface area contributed by atoms with E-state index in [0.29, 0.717) is 0 Å². The van der Waals surface area contributed by atoms with E-state index in [0.717, 1.165) is 63.0 Å². The Balaban J connectivity index is 0.000000313. The predicted octanol–water partition coefficient (Wildman–Crippen LogP) is 4.27. The third kappa shape index (κ3) is 11.5. The molecule has 1 fully saturated rings. The molecule has 1 saturated heterocycles. The number of carboxylic acids is 3. The highest BCUT2D eigenvalue weighted by Gasteiger charge is 2.44. The summed E-state index contributed by atoms with van der Waals surface area (Å²) in [6.07, 6.45) is -7.59. The molecule has 3 aromatic heterocycles. The minimum absolute atomic E-state index is 0.0272. The number of pyridine rings is 1. The van der Waals surface area contributed by atoms with Crippen molar-refractivity contribution in [2.24, 2.45) is 0 Å². The highest BCUT2D eigenvalue weighted by Crippen LogP contribution is 2.39. The van der Waals surface area contributed by atoms with E-state index in [1.807, 2.05) is 30.6 Å². The van der Waals surface area contributed by atoms with Crippen LogP contribution >= 0.6 is 0 Å². The predicted molar refractivity (Wildman–Crippen MR) is 142 cm³/mol. The number of nitrogens with zero attached hydrogens (tertiary/aromatic N) is 6. The standard InChI is InChI=1S/C20H24N6O.3C2HF3O2/c1-24-14-18-22-23-19(17-5-3-11-27-17)26(18)20(15-24)6-9-25(10-7-20)13-16-4-2-8-21-12-16;3*3-2(4,5)1(6)7/h2-5,8,11-12H,6-7,9-10,13-15H2,1H3;3*(H,6,7). The second-order valence-corrected chi connectivity index (χ2v) is 10.2. The van der Waals surface area contributed by atoms with E-state index in [2.05, 4.69) is 42.7 Å². The number of hydrogen-bond acceptors (Lipinski definition) is 9. The molecular weight excluding hydrogens is 679 g/mol. The average Bonchev–Trinajstić information content (AvgIpc) is 3.65. The molecule has 48 heavy (non-hydrogen) atoms. The van der Waals surface area contributed by atoms with Gasteiger partial charge in [0.2, 0.25) is 0 Å². The SMILES string of the molecule is CN1Cc2nnc(-c3ccco3)n2C2(CCN(Cc3cccnc3)CC2)C1.O=C(O)C(F)(F)F.O=C(O)C(F)(F)F.O=C(O)C(F)(F)F. The Labute approximate surface area is 264 Å². The van der Waals surface area contributed by atoms with Gasteiger partial charge in [0.25, 0.3) is 0 Å². The molecule has 266 valence electrons. The topological polar surface area (TPSA) is 175 Å². The lowest BCUT2D eigenvalue weighted by molar-refractivity contribution is -0.193. The number of furan rings is 1. The van der Waals surface area contributed by atoms with Crippen LogP contribution < -0.4 is 0 Å². The van der Waals surface area contributed by atoms with Gasteiger partial charge in [-0.25, -0.2) is 14.4 Å². The van der Waals surface area contributed by atoms with Crippen molar-refractivity contribution in [1.29, 1.82) is 0 Å². The first-order valence-electron chi connectivity index (χ1n) is 13.3. The van der Waals surface area contributed by atoms with Gasteiger partial charge in [-0.2, -0.15) is 39.5 Å². The van der Waals surface area contributed by atoms with Crippen molar-refractivity contribution >= 4 is 17.9 Å². The first-order chi connectivity index (χ1) is 22.1. The van der Waals surface area contributed by atoms with Crippen LogP contribution in [0.25, 0.3) is 11.6 Å². The van der Waals surface area contributed by atoms with Crippen LogP contribution in [-0.2, 0) is 33.0 Å². The van der Waals surface area contributed by atoms with Gasteiger partial charge >= 0.3 is 36.4 Å². The highest BCUT2D eigenvalue weighted by molar-refractivity contribution is 5.73. The van der Waals surface area contributed by atoms with E-state index < -0.39 is 36.4 Å². The molecule has 0 radical (unpaired) electrons. The molecule has 0 unspecified atom stereocenters. The Morgan fingerprint density at radius 2 is 1.38 bits per heavy atom. The fourth-order valence-corrected chi connectivity index (χ4v) is 4.61. The first kappa shape index (κ1) is 39.4. The van der Waals surface area contributed by atoms with Gasteiger partial charge in [0.05, 0.1) is 18.3 Å². The van der Waals surface area contributed by atoms with Crippen LogP contribution in [0, 0.1) is 0 Å². The lowest BCUT2D eigenvalue weighted by Gasteiger charge is -2.48. The number of aliphatic carboxylic acids is 3. The molecule has 0 atom stereocenters. The number of alkyl halides is 9. The number of rotatable bonds is 3. The van der Waals surface area contributed by atoms with Crippen LogP contribution in [0.4, 0.5) is 39.5 Å². The lowest BCUT2D eigenvalue weighted by Crippen LogP contribution is -2.55. The molecule has 0 bridgehead atoms. The van der Waals surface area contributed by atoms with Gasteiger partial charge in [-0.1, -0.05) is 6.07 Å². The molecule has 22 heteroatoms. The summed E-state index contributed by atoms with van der Waals surface area (Å²) in [5.74, 6) is -5.57. The summed E-state index contributed by atoms with van der Waals surface area (Å²) in [4.78, 5) is 35.8. The third-order valence-corrected chi connectivity index (χ3v) is 6.56. The monoisotopic (exact) mass is 706 g/mol. The smallest absolute Gasteiger partial charge is 0.475 e. The molecule has 0 aromatic carbocycles. The van der Waals surface area contributed by atoms with E-state index >= 15 is 0 Å². The fourth-order valence-electron chi connectivity index (χ4n) is 4.61. The van der Waals surface area contributed by atoms with Crippen molar-refractivity contribution in [3.63, 3.8) is 0 Å². The molecule has 1 spiro atoms. The van der Waals surface area contributed by atoms with Crippen molar-refractivity contribution in [3.8, 4) is 11.6 Å². The molecule has 0 amide bonds. The number of fused-ring (bicyclic) bond motifs is 2. The second kappa shape index (κ2) is 15.9. The van der Waals surface area contributed by atoms with Crippen LogP contribution in [0.15, 0.2) is 47.3 Å². The van der Waals surface area contributed by atoms with Gasteiger partial charge in [-0.3, -0.25) is 19.4 Å². The second-order valence-electron chi connectivity index (χ2n) is 10.2. The zero-order valence-corrected chi connectivity index (χ0v) is 24.6. The van der Waals surface area contributed by atoms with Crippen LogP contribution in [0.1, 0.15) is 24.2 Å². The molecule has 13 nitrogen and oxygen atoms in total. The summed E-state index contributed by atoms with van der Waals surface area (Å²) in [5.41, 5.74) is 1.30. The normalized spacial score (nSPS) is 16.2. The van der Waals surface area contributed by atoms with Crippen molar-refractivity contribution in [3.05, 3.63) is 54.3 Å². The maximum atomic E-state index is 10.6. The number of halogens is 9. The maximum absolute atomic E-state index is 10.6. The zero-order valence-electron chi connectivity index (χ0n) is 24.6. The van der Waals surface area contributed by atoms with Crippen LogP contribution in [-0.4, -0.2) is 108 Å². The zero-order chi connectivity index (χ0) is 36.5. The molecule has 3 N–H and O–H groups in total. The average molecular weight is 707 g/mol. The van der Waals surface area contributed by atoms with Crippen molar-refractivity contribution in [1.82, 2.24) is 29.5 Å². The van der Waals surface area contributed by atoms with E-state index in [-0.39, 0.29) is 5.54 Å². The largest absolute Gasteiger partial charge is 0.490 e. The molecule has 5 rings (SSSR count). The van der Waals surface area contributed by atoms with Crippen molar-refractivity contribution in [2.45, 2.75) is 50.0 Å². The molecule has 5 heterocycles. The Kier molecular flexibility index (Phi) is 13.1. The minimum Gasteiger partial charge on any atom is -0.475 e. The number of piperidine rings is 1. The van der Waals surface area contributed by atoms with Gasteiger partial charge in [0.15, 0.2) is 11.6 Å². The van der Waals surface area contributed by atoms with Crippen LogP contribution in [0.5, 0.6) is 0 Å². The summed E-state index contributed by atoms with van der Waals surface area (Å²) in [7, 11) is 2.18. The van der Waals surface area contributed by atoms with Gasteiger partial charge in [-0.15, -0.1) is 10.2 Å². The van der Waals surface area contributed by atoms with Gasteiger partial charge < -0.3 is 19.7 Å². The Morgan fingerprint density at radius 3 is 1.79 bits per heavy atom. The molecule has 3 aromatic rings. The highest BCUT2D eigenvalue weighted by atomic mass is 19.4. The quantitative estimate of drug-likeness (QED) is 0.331. The van der Waals surface area contributed by atoms with E-state index in [1.54, 1.807) is 6.26 Å². The molecule has 2 aliphatic heterocycles. The van der Waals surface area contributed by atoms with E-state index in [4.69, 9.17) is 34.1 Å². The van der Waals surface area contributed by atoms with E-state index in [9.17, 15) is 39.5 Å². The van der Waals surface area contributed by atoms with Gasteiger partial charge in [0, 0.05) is 38.6 Å². The fraction of sp³-hybridized carbons (Fsp3) is 0.462. The number of carbonyl (C=O) groups is 3. The summed E-state index contributed by atoms with van der Waals surface area (Å²) in [6, 6.07) is 8.05. The third-order valence-electron chi connectivity index (χ3n) is 6.56. The Morgan fingerprint density at radius 1 is 0.854 bits per heavy atom. The van der Waals surface area contributed by atoms with Gasteiger partial charge in [0.1, 0.15) is 5.82 Å². The van der Waals surface area contributed by atoms with E-state index in [1.165, 1.54) is 5.56 Å².